The van der Waals surface area contributed by atoms with Gasteiger partial charge in [0.15, 0.2) is 0 Å². The first kappa shape index (κ1) is 15.9. The maximum Gasteiger partial charge on any atom is 0.410 e. The average molecular weight is 295 g/mol. The van der Waals surface area contributed by atoms with Crippen LogP contribution in [-0.4, -0.2) is 42.3 Å². The highest BCUT2D eigenvalue weighted by molar-refractivity contribution is 5.82. The van der Waals surface area contributed by atoms with Crippen LogP contribution in [0.5, 0.6) is 0 Å². The van der Waals surface area contributed by atoms with Gasteiger partial charge in [-0.15, -0.1) is 0 Å². The topological polar surface area (TPSA) is 55.6 Å². The molecule has 2 aliphatic rings. The fourth-order valence-corrected chi connectivity index (χ4v) is 3.27. The molecule has 0 radical (unpaired) electrons. The van der Waals surface area contributed by atoms with Gasteiger partial charge < -0.3 is 9.47 Å². The van der Waals surface area contributed by atoms with Gasteiger partial charge >= 0.3 is 12.1 Å². The van der Waals surface area contributed by atoms with Gasteiger partial charge in [-0.1, -0.05) is 25.3 Å². The van der Waals surface area contributed by atoms with Crippen LogP contribution in [0.25, 0.3) is 0 Å². The minimum absolute atomic E-state index is 0.0171. The number of hydrogen-bond donors (Lipinski definition) is 0. The highest BCUT2D eigenvalue weighted by Gasteiger charge is 2.54. The predicted molar refractivity (Wildman–Crippen MR) is 78.8 cm³/mol. The van der Waals surface area contributed by atoms with Gasteiger partial charge in [-0.2, -0.15) is 0 Å². The molecule has 0 spiro atoms. The van der Waals surface area contributed by atoms with Crippen LogP contribution in [0.15, 0.2) is 12.2 Å². The number of carbonyl (C=O) groups is 2. The van der Waals surface area contributed by atoms with Gasteiger partial charge in [0.05, 0.1) is 25.3 Å². The van der Waals surface area contributed by atoms with E-state index in [9.17, 15) is 9.59 Å². The number of hydrogen-bond acceptors (Lipinski definition) is 4. The minimum Gasteiger partial charge on any atom is -0.463 e. The lowest BCUT2D eigenvalue weighted by molar-refractivity contribution is -0.137. The third-order valence-electron chi connectivity index (χ3n) is 4.23. The molecule has 118 valence electrons. The molecule has 5 heteroatoms. The summed E-state index contributed by atoms with van der Waals surface area (Å²) >= 11 is 0. The standard InChI is InChI=1S/C16H25NO4/c1-3-20-14(18)11-10-13-15(12-8-6-5-7-9-12)17(13)16(19)21-4-2/h10-13,15H,3-9H2,1-2H3/b11-10+/t13-,15-,17?/m1/s1. The summed E-state index contributed by atoms with van der Waals surface area (Å²) in [5, 5.41) is 0. The third kappa shape index (κ3) is 3.99. The third-order valence-corrected chi connectivity index (χ3v) is 4.23. The molecular formula is C16H25NO4. The molecule has 21 heavy (non-hydrogen) atoms. The zero-order chi connectivity index (χ0) is 15.2. The van der Waals surface area contributed by atoms with Crippen molar-refractivity contribution in [3.8, 4) is 0 Å². The van der Waals surface area contributed by atoms with Crippen LogP contribution in [0.3, 0.4) is 0 Å². The number of rotatable bonds is 5. The second kappa shape index (κ2) is 7.48. The molecule has 2 fully saturated rings. The lowest BCUT2D eigenvalue weighted by Crippen LogP contribution is -2.21. The zero-order valence-electron chi connectivity index (χ0n) is 12.9. The molecule has 1 heterocycles. The first-order chi connectivity index (χ1) is 10.2. The first-order valence-corrected chi connectivity index (χ1v) is 7.99. The van der Waals surface area contributed by atoms with Crippen LogP contribution < -0.4 is 0 Å². The molecule has 1 amide bonds. The Morgan fingerprint density at radius 1 is 1.10 bits per heavy atom. The summed E-state index contributed by atoms with van der Waals surface area (Å²) in [6.45, 7) is 4.32. The van der Waals surface area contributed by atoms with Crippen molar-refractivity contribution in [2.24, 2.45) is 5.92 Å². The summed E-state index contributed by atoms with van der Waals surface area (Å²) in [7, 11) is 0. The zero-order valence-corrected chi connectivity index (χ0v) is 12.9. The molecule has 1 aliphatic heterocycles. The number of carbonyl (C=O) groups excluding carboxylic acids is 2. The second-order valence-corrected chi connectivity index (χ2v) is 5.60. The molecule has 0 bridgehead atoms. The normalized spacial score (nSPS) is 25.9. The quantitative estimate of drug-likeness (QED) is 0.444. The Balaban J connectivity index is 1.98. The number of ether oxygens (including phenoxy) is 2. The van der Waals surface area contributed by atoms with Crippen molar-refractivity contribution in [1.29, 1.82) is 0 Å². The van der Waals surface area contributed by atoms with E-state index in [-0.39, 0.29) is 24.1 Å². The fraction of sp³-hybridized carbons (Fsp3) is 0.750. The molecule has 1 saturated heterocycles. The van der Waals surface area contributed by atoms with Crippen LogP contribution in [-0.2, 0) is 14.3 Å². The van der Waals surface area contributed by atoms with Crippen LogP contribution in [0, 0.1) is 5.92 Å². The highest BCUT2D eigenvalue weighted by atomic mass is 16.6. The summed E-state index contributed by atoms with van der Waals surface area (Å²) in [4.78, 5) is 25.2. The van der Waals surface area contributed by atoms with Gasteiger partial charge in [-0.3, -0.25) is 4.90 Å². The maximum atomic E-state index is 12.0. The lowest BCUT2D eigenvalue weighted by Gasteiger charge is -2.21. The van der Waals surface area contributed by atoms with Crippen molar-refractivity contribution < 1.29 is 19.1 Å². The largest absolute Gasteiger partial charge is 0.463 e. The van der Waals surface area contributed by atoms with Gasteiger partial charge in [-0.25, -0.2) is 9.59 Å². The van der Waals surface area contributed by atoms with E-state index < -0.39 is 0 Å². The molecule has 5 nitrogen and oxygen atoms in total. The summed E-state index contributed by atoms with van der Waals surface area (Å²) in [6.07, 6.45) is 9.00. The van der Waals surface area contributed by atoms with Gasteiger partial charge in [0.25, 0.3) is 0 Å². The smallest absolute Gasteiger partial charge is 0.410 e. The van der Waals surface area contributed by atoms with E-state index in [4.69, 9.17) is 9.47 Å². The second-order valence-electron chi connectivity index (χ2n) is 5.60. The molecule has 1 saturated carbocycles. The van der Waals surface area contributed by atoms with E-state index in [2.05, 4.69) is 0 Å². The van der Waals surface area contributed by atoms with Crippen molar-refractivity contribution in [3.63, 3.8) is 0 Å². The summed E-state index contributed by atoms with van der Waals surface area (Å²) in [5.41, 5.74) is 0. The van der Waals surface area contributed by atoms with Crippen LogP contribution in [0.2, 0.25) is 0 Å². The van der Waals surface area contributed by atoms with Crippen LogP contribution in [0.1, 0.15) is 46.0 Å². The van der Waals surface area contributed by atoms with E-state index >= 15 is 0 Å². The number of nitrogens with zero attached hydrogens (tertiary/aromatic N) is 1. The summed E-state index contributed by atoms with van der Waals surface area (Å²) in [5.74, 6) is 0.176. The van der Waals surface area contributed by atoms with E-state index in [1.807, 2.05) is 0 Å². The number of amides is 1. The minimum atomic E-state index is -0.351. The molecule has 1 aliphatic carbocycles. The summed E-state index contributed by atoms with van der Waals surface area (Å²) < 4.78 is 9.99. The Bertz CT molecular complexity index is 401. The van der Waals surface area contributed by atoms with Crippen LogP contribution >= 0.6 is 0 Å². The van der Waals surface area contributed by atoms with Crippen molar-refractivity contribution >= 4 is 12.1 Å². The van der Waals surface area contributed by atoms with E-state index in [1.165, 1.54) is 25.3 Å². The Kier molecular flexibility index (Phi) is 5.65. The van der Waals surface area contributed by atoms with Gasteiger partial charge in [-0.05, 0) is 32.6 Å². The SMILES string of the molecule is CCOC(=O)/C=C/[C@@H]1[C@@H](C2CCCCC2)N1C(=O)OCC. The Morgan fingerprint density at radius 3 is 2.38 bits per heavy atom. The molecule has 0 aromatic heterocycles. The maximum absolute atomic E-state index is 12.0. The Hall–Kier alpha value is -1.52. The Morgan fingerprint density at radius 2 is 1.76 bits per heavy atom. The van der Waals surface area contributed by atoms with E-state index in [1.54, 1.807) is 24.8 Å². The summed E-state index contributed by atoms with van der Waals surface area (Å²) in [6, 6.07) is 0.173. The van der Waals surface area contributed by atoms with Crippen molar-refractivity contribution in [3.05, 3.63) is 12.2 Å². The average Bonchev–Trinajstić information content (AvgIpc) is 3.21. The van der Waals surface area contributed by atoms with Crippen molar-refractivity contribution in [2.45, 2.75) is 58.0 Å². The van der Waals surface area contributed by atoms with Crippen molar-refractivity contribution in [2.75, 3.05) is 13.2 Å². The predicted octanol–water partition coefficient (Wildman–Crippen LogP) is 2.90. The number of esters is 1. The van der Waals surface area contributed by atoms with Gasteiger partial charge in [0.1, 0.15) is 0 Å². The van der Waals surface area contributed by atoms with E-state index in [0.29, 0.717) is 19.1 Å². The molecule has 2 atom stereocenters. The van der Waals surface area contributed by atoms with Crippen LogP contribution in [0.4, 0.5) is 4.79 Å². The highest BCUT2D eigenvalue weighted by Crippen LogP contribution is 2.42. The van der Waals surface area contributed by atoms with Gasteiger partial charge in [0, 0.05) is 6.08 Å². The van der Waals surface area contributed by atoms with Gasteiger partial charge in [0.2, 0.25) is 0 Å². The van der Waals surface area contributed by atoms with Crippen molar-refractivity contribution in [1.82, 2.24) is 4.90 Å². The molecular weight excluding hydrogens is 270 g/mol. The monoisotopic (exact) mass is 295 g/mol. The van der Waals surface area contributed by atoms with E-state index in [0.717, 1.165) is 12.8 Å². The fourth-order valence-electron chi connectivity index (χ4n) is 3.27. The molecule has 0 unspecified atom stereocenters. The molecule has 0 aromatic carbocycles. The molecule has 2 rings (SSSR count). The Labute approximate surface area is 126 Å². The lowest BCUT2D eigenvalue weighted by atomic mass is 9.85. The molecule has 0 N–H and O–H groups in total. The molecule has 0 aromatic rings. The first-order valence-electron chi connectivity index (χ1n) is 7.99.